The lowest BCUT2D eigenvalue weighted by atomic mass is 10.2. The Kier molecular flexibility index (Phi) is 4.48. The van der Waals surface area contributed by atoms with Gasteiger partial charge in [-0.3, -0.25) is 0 Å². The molecule has 0 radical (unpaired) electrons. The number of hydrogen-bond acceptors (Lipinski definition) is 4. The highest BCUT2D eigenvalue weighted by Crippen LogP contribution is 2.22. The largest absolute Gasteiger partial charge is 0.395 e. The summed E-state index contributed by atoms with van der Waals surface area (Å²) in [5.41, 5.74) is 0.200. The molecular formula is C10H11ClN2O3S. The van der Waals surface area contributed by atoms with Crippen LogP contribution >= 0.6 is 11.6 Å². The third kappa shape index (κ3) is 3.41. The van der Waals surface area contributed by atoms with E-state index < -0.39 is 16.1 Å². The monoisotopic (exact) mass is 274 g/mol. The summed E-state index contributed by atoms with van der Waals surface area (Å²) in [7, 11) is -3.83. The number of halogens is 1. The minimum absolute atomic E-state index is 0.0293. The number of benzene rings is 1. The fourth-order valence-corrected chi connectivity index (χ4v) is 2.90. The van der Waals surface area contributed by atoms with Crippen molar-refractivity contribution in [2.75, 3.05) is 6.61 Å². The normalized spacial score (nSPS) is 13.1. The van der Waals surface area contributed by atoms with Crippen LogP contribution < -0.4 is 4.72 Å². The second kappa shape index (κ2) is 5.47. The fraction of sp³-hybridized carbons (Fsp3) is 0.300. The molecule has 1 unspecified atom stereocenters. The van der Waals surface area contributed by atoms with E-state index in [1.54, 1.807) is 0 Å². The van der Waals surface area contributed by atoms with Crippen molar-refractivity contribution in [3.8, 4) is 6.07 Å². The maximum atomic E-state index is 11.9. The summed E-state index contributed by atoms with van der Waals surface area (Å²) in [6.07, 6.45) is 0. The quantitative estimate of drug-likeness (QED) is 0.852. The highest BCUT2D eigenvalue weighted by molar-refractivity contribution is 7.89. The van der Waals surface area contributed by atoms with Gasteiger partial charge in [-0.15, -0.1) is 0 Å². The molecule has 7 heteroatoms. The first-order chi connectivity index (χ1) is 7.90. The second-order valence-electron chi connectivity index (χ2n) is 3.46. The maximum absolute atomic E-state index is 11.9. The Morgan fingerprint density at radius 3 is 2.76 bits per heavy atom. The number of nitrogens with zero attached hydrogens (tertiary/aromatic N) is 1. The minimum atomic E-state index is -3.83. The van der Waals surface area contributed by atoms with Gasteiger partial charge in [0.1, 0.15) is 4.90 Å². The first kappa shape index (κ1) is 13.9. The average molecular weight is 275 g/mol. The van der Waals surface area contributed by atoms with Gasteiger partial charge in [-0.05, 0) is 25.1 Å². The average Bonchev–Trinajstić information content (AvgIpc) is 2.28. The van der Waals surface area contributed by atoms with Gasteiger partial charge < -0.3 is 5.11 Å². The molecule has 1 rings (SSSR count). The molecule has 0 amide bonds. The molecule has 0 aliphatic rings. The van der Waals surface area contributed by atoms with Gasteiger partial charge >= 0.3 is 0 Å². The Morgan fingerprint density at radius 2 is 2.24 bits per heavy atom. The van der Waals surface area contributed by atoms with Gasteiger partial charge in [0.15, 0.2) is 0 Å². The molecule has 1 aromatic carbocycles. The van der Waals surface area contributed by atoms with Crippen LogP contribution in [0.2, 0.25) is 5.02 Å². The number of aliphatic hydroxyl groups is 1. The van der Waals surface area contributed by atoms with E-state index in [4.69, 9.17) is 22.0 Å². The highest BCUT2D eigenvalue weighted by Gasteiger charge is 2.20. The van der Waals surface area contributed by atoms with Crippen molar-refractivity contribution in [2.45, 2.75) is 17.9 Å². The zero-order valence-electron chi connectivity index (χ0n) is 9.01. The Labute approximate surface area is 105 Å². The lowest BCUT2D eigenvalue weighted by Gasteiger charge is -2.12. The first-order valence-electron chi connectivity index (χ1n) is 4.73. The second-order valence-corrected chi connectivity index (χ2v) is 5.55. The molecule has 1 atom stereocenters. The lowest BCUT2D eigenvalue weighted by molar-refractivity contribution is 0.265. The summed E-state index contributed by atoms with van der Waals surface area (Å²) in [5, 5.41) is 17.5. The first-order valence-corrected chi connectivity index (χ1v) is 6.59. The summed E-state index contributed by atoms with van der Waals surface area (Å²) < 4.78 is 26.0. The van der Waals surface area contributed by atoms with Gasteiger partial charge in [-0.25, -0.2) is 13.1 Å². The van der Waals surface area contributed by atoms with E-state index in [9.17, 15) is 8.42 Å². The number of nitrogens with one attached hydrogen (secondary N) is 1. The number of hydrogen-bond donors (Lipinski definition) is 2. The van der Waals surface area contributed by atoms with Crippen molar-refractivity contribution in [1.82, 2.24) is 4.72 Å². The van der Waals surface area contributed by atoms with Crippen LogP contribution in [-0.4, -0.2) is 26.2 Å². The number of rotatable bonds is 4. The smallest absolute Gasteiger partial charge is 0.242 e. The molecule has 0 fully saturated rings. The molecular weight excluding hydrogens is 264 g/mol. The molecule has 0 spiro atoms. The fourth-order valence-electron chi connectivity index (χ4n) is 1.14. The molecule has 0 bridgehead atoms. The predicted octanol–water partition coefficient (Wildman–Crippen LogP) is 0.871. The van der Waals surface area contributed by atoms with Crippen molar-refractivity contribution in [1.29, 1.82) is 5.26 Å². The van der Waals surface area contributed by atoms with E-state index in [2.05, 4.69) is 4.72 Å². The van der Waals surface area contributed by atoms with Crippen LogP contribution in [0.4, 0.5) is 0 Å². The van der Waals surface area contributed by atoms with Crippen LogP contribution in [0.3, 0.4) is 0 Å². The van der Waals surface area contributed by atoms with E-state index in [1.165, 1.54) is 25.1 Å². The molecule has 0 aliphatic carbocycles. The SMILES string of the molecule is CC(CO)NS(=O)(=O)c1cc(C#N)ccc1Cl. The summed E-state index contributed by atoms with van der Waals surface area (Å²) in [6.45, 7) is 1.19. The zero-order valence-corrected chi connectivity index (χ0v) is 10.6. The molecule has 0 heterocycles. The number of nitriles is 1. The Hall–Kier alpha value is -1.13. The highest BCUT2D eigenvalue weighted by atomic mass is 35.5. The molecule has 0 saturated carbocycles. The van der Waals surface area contributed by atoms with E-state index in [1.807, 2.05) is 6.07 Å². The van der Waals surface area contributed by atoms with Gasteiger partial charge in [-0.2, -0.15) is 5.26 Å². The molecule has 0 aromatic heterocycles. The van der Waals surface area contributed by atoms with Crippen molar-refractivity contribution in [3.63, 3.8) is 0 Å². The molecule has 1 aromatic rings. The molecule has 92 valence electrons. The van der Waals surface area contributed by atoms with Crippen molar-refractivity contribution >= 4 is 21.6 Å². The number of aliphatic hydroxyl groups excluding tert-OH is 1. The third-order valence-corrected chi connectivity index (χ3v) is 4.05. The van der Waals surface area contributed by atoms with E-state index in [-0.39, 0.29) is 22.1 Å². The van der Waals surface area contributed by atoms with E-state index >= 15 is 0 Å². The van der Waals surface area contributed by atoms with Crippen LogP contribution in [0.25, 0.3) is 0 Å². The van der Waals surface area contributed by atoms with E-state index in [0.717, 1.165) is 0 Å². The van der Waals surface area contributed by atoms with Crippen LogP contribution in [0.1, 0.15) is 12.5 Å². The van der Waals surface area contributed by atoms with Gasteiger partial charge in [0.25, 0.3) is 0 Å². The maximum Gasteiger partial charge on any atom is 0.242 e. The van der Waals surface area contributed by atoms with Crippen molar-refractivity contribution < 1.29 is 13.5 Å². The summed E-state index contributed by atoms with van der Waals surface area (Å²) >= 11 is 5.77. The van der Waals surface area contributed by atoms with Crippen LogP contribution in [0, 0.1) is 11.3 Å². The third-order valence-electron chi connectivity index (χ3n) is 1.98. The Morgan fingerprint density at radius 1 is 1.59 bits per heavy atom. The molecule has 0 aliphatic heterocycles. The Bertz CT molecular complexity index is 551. The van der Waals surface area contributed by atoms with Crippen LogP contribution in [-0.2, 0) is 10.0 Å². The predicted molar refractivity (Wildman–Crippen MR) is 63.0 cm³/mol. The zero-order chi connectivity index (χ0) is 13.1. The minimum Gasteiger partial charge on any atom is -0.395 e. The molecule has 2 N–H and O–H groups in total. The van der Waals surface area contributed by atoms with Crippen LogP contribution in [0.15, 0.2) is 23.1 Å². The Balaban J connectivity index is 3.19. The summed E-state index contributed by atoms with van der Waals surface area (Å²) in [4.78, 5) is -0.168. The van der Waals surface area contributed by atoms with Gasteiger partial charge in [0.05, 0.1) is 23.3 Å². The van der Waals surface area contributed by atoms with Gasteiger partial charge in [-0.1, -0.05) is 11.6 Å². The van der Waals surface area contributed by atoms with Crippen molar-refractivity contribution in [2.24, 2.45) is 0 Å². The van der Waals surface area contributed by atoms with Crippen molar-refractivity contribution in [3.05, 3.63) is 28.8 Å². The topological polar surface area (TPSA) is 90.2 Å². The molecule has 5 nitrogen and oxygen atoms in total. The number of sulfonamides is 1. The lowest BCUT2D eigenvalue weighted by Crippen LogP contribution is -2.35. The van der Waals surface area contributed by atoms with E-state index in [0.29, 0.717) is 0 Å². The van der Waals surface area contributed by atoms with Gasteiger partial charge in [0.2, 0.25) is 10.0 Å². The molecule has 0 saturated heterocycles. The van der Waals surface area contributed by atoms with Crippen LogP contribution in [0.5, 0.6) is 0 Å². The summed E-state index contributed by atoms with van der Waals surface area (Å²) in [6, 6.07) is 5.17. The molecule has 17 heavy (non-hydrogen) atoms. The summed E-state index contributed by atoms with van der Waals surface area (Å²) in [5.74, 6) is 0. The van der Waals surface area contributed by atoms with Gasteiger partial charge in [0, 0.05) is 6.04 Å². The standard InChI is InChI=1S/C10H11ClN2O3S/c1-7(6-14)13-17(15,16)10-4-8(5-12)2-3-9(10)11/h2-4,7,13-14H,6H2,1H3.